The van der Waals surface area contributed by atoms with Crippen molar-refractivity contribution in [2.24, 2.45) is 0 Å². The van der Waals surface area contributed by atoms with Crippen LogP contribution in [0.5, 0.6) is 0 Å². The summed E-state index contributed by atoms with van der Waals surface area (Å²) in [5.41, 5.74) is 5.35. The number of nitrogen functional groups attached to an aromatic ring is 1. The molecule has 6 heteroatoms. The Kier molecular flexibility index (Phi) is 3.93. The van der Waals surface area contributed by atoms with Gasteiger partial charge in [0.1, 0.15) is 0 Å². The molecule has 0 saturated heterocycles. The van der Waals surface area contributed by atoms with Gasteiger partial charge in [-0.05, 0) is 13.0 Å². The number of aliphatic carboxylic acids is 1. The fourth-order valence-corrected chi connectivity index (χ4v) is 1.26. The van der Waals surface area contributed by atoms with E-state index in [0.717, 1.165) is 0 Å². The lowest BCUT2D eigenvalue weighted by Crippen LogP contribution is -2.32. The lowest BCUT2D eigenvalue weighted by molar-refractivity contribution is -0.137. The number of nitrogens with two attached hydrogens (primary N) is 1. The maximum atomic E-state index is 11.8. The first kappa shape index (κ1) is 12.1. The minimum Gasteiger partial charge on any atom is -0.481 e. The second-order valence-corrected chi connectivity index (χ2v) is 3.23. The topological polar surface area (TPSA) is 96.8 Å². The fourth-order valence-electron chi connectivity index (χ4n) is 1.26. The van der Waals surface area contributed by atoms with Crippen molar-refractivity contribution in [2.75, 3.05) is 18.8 Å². The zero-order chi connectivity index (χ0) is 12.1. The lowest BCUT2D eigenvalue weighted by atomic mass is 10.3. The predicted molar refractivity (Wildman–Crippen MR) is 57.0 cm³/mol. The molecular formula is C10H14N2O4. The van der Waals surface area contributed by atoms with Crippen LogP contribution in [0.2, 0.25) is 0 Å². The molecule has 0 atom stereocenters. The van der Waals surface area contributed by atoms with Crippen molar-refractivity contribution in [3.8, 4) is 0 Å². The molecule has 0 aromatic carbocycles. The van der Waals surface area contributed by atoms with Gasteiger partial charge in [-0.1, -0.05) is 0 Å². The third-order valence-electron chi connectivity index (χ3n) is 2.10. The number of rotatable bonds is 5. The van der Waals surface area contributed by atoms with Crippen molar-refractivity contribution < 1.29 is 19.1 Å². The van der Waals surface area contributed by atoms with Gasteiger partial charge in [0.05, 0.1) is 6.42 Å². The number of carbonyl (C=O) groups excluding carboxylic acids is 1. The van der Waals surface area contributed by atoms with E-state index in [4.69, 9.17) is 15.3 Å². The molecule has 0 fully saturated rings. The van der Waals surface area contributed by atoms with Crippen molar-refractivity contribution in [3.63, 3.8) is 0 Å². The van der Waals surface area contributed by atoms with Gasteiger partial charge in [0.15, 0.2) is 11.6 Å². The number of hydrogen-bond donors (Lipinski definition) is 2. The van der Waals surface area contributed by atoms with E-state index in [1.54, 1.807) is 6.92 Å². The molecule has 0 radical (unpaired) electrons. The monoisotopic (exact) mass is 226 g/mol. The number of anilines is 1. The molecule has 1 aromatic heterocycles. The van der Waals surface area contributed by atoms with Crippen molar-refractivity contribution in [1.82, 2.24) is 4.90 Å². The summed E-state index contributed by atoms with van der Waals surface area (Å²) in [7, 11) is 0. The van der Waals surface area contributed by atoms with Gasteiger partial charge in [-0.25, -0.2) is 0 Å². The highest BCUT2D eigenvalue weighted by molar-refractivity contribution is 5.92. The molecule has 88 valence electrons. The number of carboxylic acids is 1. The number of hydrogen-bond acceptors (Lipinski definition) is 4. The highest BCUT2D eigenvalue weighted by Crippen LogP contribution is 2.12. The van der Waals surface area contributed by atoms with Crippen LogP contribution in [0.4, 0.5) is 5.88 Å². The molecule has 0 spiro atoms. The van der Waals surface area contributed by atoms with Crippen LogP contribution in [-0.2, 0) is 4.79 Å². The molecule has 0 bridgehead atoms. The summed E-state index contributed by atoms with van der Waals surface area (Å²) in [5.74, 6) is -0.993. The Hall–Kier alpha value is -1.98. The van der Waals surface area contributed by atoms with Crippen molar-refractivity contribution in [3.05, 3.63) is 17.9 Å². The molecule has 0 unspecified atom stereocenters. The molecule has 0 aliphatic rings. The Balaban J connectivity index is 2.66. The highest BCUT2D eigenvalue weighted by Gasteiger charge is 2.18. The van der Waals surface area contributed by atoms with Crippen LogP contribution in [-0.4, -0.2) is 35.0 Å². The van der Waals surface area contributed by atoms with Crippen molar-refractivity contribution in [2.45, 2.75) is 13.3 Å². The Morgan fingerprint density at radius 3 is 2.62 bits per heavy atom. The molecule has 1 rings (SSSR count). The second-order valence-electron chi connectivity index (χ2n) is 3.23. The average Bonchev–Trinajstić information content (AvgIpc) is 2.65. The lowest BCUT2D eigenvalue weighted by Gasteiger charge is -2.18. The van der Waals surface area contributed by atoms with E-state index in [9.17, 15) is 9.59 Å². The molecular weight excluding hydrogens is 212 g/mol. The maximum Gasteiger partial charge on any atom is 0.305 e. The van der Waals surface area contributed by atoms with Gasteiger partial charge < -0.3 is 20.2 Å². The van der Waals surface area contributed by atoms with Crippen LogP contribution >= 0.6 is 0 Å². The van der Waals surface area contributed by atoms with Crippen LogP contribution in [0.15, 0.2) is 16.5 Å². The minimum atomic E-state index is -0.940. The van der Waals surface area contributed by atoms with Gasteiger partial charge >= 0.3 is 5.97 Å². The van der Waals surface area contributed by atoms with E-state index in [1.165, 1.54) is 17.0 Å². The Morgan fingerprint density at radius 1 is 1.50 bits per heavy atom. The summed E-state index contributed by atoms with van der Waals surface area (Å²) in [6, 6.07) is 2.96. The summed E-state index contributed by atoms with van der Waals surface area (Å²) in [6.07, 6.45) is -0.0875. The van der Waals surface area contributed by atoms with E-state index >= 15 is 0 Å². The Morgan fingerprint density at radius 2 is 2.19 bits per heavy atom. The van der Waals surface area contributed by atoms with Crippen LogP contribution in [0, 0.1) is 0 Å². The third-order valence-corrected chi connectivity index (χ3v) is 2.10. The molecule has 1 aromatic rings. The number of amides is 1. The third kappa shape index (κ3) is 3.01. The van der Waals surface area contributed by atoms with E-state index in [1.807, 2.05) is 0 Å². The number of carbonyl (C=O) groups is 2. The van der Waals surface area contributed by atoms with Gasteiger partial charge in [0, 0.05) is 19.2 Å². The largest absolute Gasteiger partial charge is 0.481 e. The standard InChI is InChI=1S/C10H14N2O4/c1-2-12(6-5-9(13)14)10(15)7-3-4-8(11)16-7/h3-4H,2,5-6,11H2,1H3,(H,13,14). The molecule has 16 heavy (non-hydrogen) atoms. The normalized spacial score (nSPS) is 10.1. The van der Waals surface area contributed by atoms with Gasteiger partial charge in [-0.15, -0.1) is 0 Å². The van der Waals surface area contributed by atoms with Gasteiger partial charge in [-0.2, -0.15) is 0 Å². The van der Waals surface area contributed by atoms with Crippen LogP contribution in [0.25, 0.3) is 0 Å². The summed E-state index contributed by atoms with van der Waals surface area (Å²) >= 11 is 0. The van der Waals surface area contributed by atoms with E-state index in [-0.39, 0.29) is 30.5 Å². The fraction of sp³-hybridized carbons (Fsp3) is 0.400. The first-order chi connectivity index (χ1) is 7.54. The molecule has 6 nitrogen and oxygen atoms in total. The van der Waals surface area contributed by atoms with Crippen molar-refractivity contribution >= 4 is 17.8 Å². The zero-order valence-electron chi connectivity index (χ0n) is 8.97. The number of carboxylic acid groups (broad SMARTS) is 1. The quantitative estimate of drug-likeness (QED) is 0.773. The number of furan rings is 1. The molecule has 0 saturated carbocycles. The van der Waals surface area contributed by atoms with Gasteiger partial charge in [0.25, 0.3) is 5.91 Å². The molecule has 0 aliphatic heterocycles. The Labute approximate surface area is 92.6 Å². The summed E-state index contributed by atoms with van der Waals surface area (Å²) in [6.45, 7) is 2.35. The Bertz CT molecular complexity index is 386. The van der Waals surface area contributed by atoms with Gasteiger partial charge in [0.2, 0.25) is 0 Å². The molecule has 0 aliphatic carbocycles. The van der Waals surface area contributed by atoms with Crippen LogP contribution in [0.1, 0.15) is 23.9 Å². The first-order valence-corrected chi connectivity index (χ1v) is 4.91. The minimum absolute atomic E-state index is 0.0875. The van der Waals surface area contributed by atoms with E-state index in [0.29, 0.717) is 6.54 Å². The predicted octanol–water partition coefficient (Wildman–Crippen LogP) is 0.799. The number of nitrogens with zero attached hydrogens (tertiary/aromatic N) is 1. The summed E-state index contributed by atoms with van der Waals surface area (Å²) < 4.78 is 4.97. The van der Waals surface area contributed by atoms with E-state index in [2.05, 4.69) is 0 Å². The van der Waals surface area contributed by atoms with Crippen molar-refractivity contribution in [1.29, 1.82) is 0 Å². The average molecular weight is 226 g/mol. The summed E-state index contributed by atoms with van der Waals surface area (Å²) in [5, 5.41) is 8.53. The first-order valence-electron chi connectivity index (χ1n) is 4.91. The van der Waals surface area contributed by atoms with Crippen LogP contribution in [0.3, 0.4) is 0 Å². The smallest absolute Gasteiger partial charge is 0.305 e. The van der Waals surface area contributed by atoms with Crippen LogP contribution < -0.4 is 5.73 Å². The van der Waals surface area contributed by atoms with Gasteiger partial charge in [-0.3, -0.25) is 9.59 Å². The summed E-state index contributed by atoms with van der Waals surface area (Å²) in [4.78, 5) is 23.6. The maximum absolute atomic E-state index is 11.8. The second kappa shape index (κ2) is 5.20. The molecule has 3 N–H and O–H groups in total. The molecule has 1 amide bonds. The SMILES string of the molecule is CCN(CCC(=O)O)C(=O)c1ccc(N)o1. The zero-order valence-corrected chi connectivity index (χ0v) is 8.97. The van der Waals surface area contributed by atoms with E-state index < -0.39 is 5.97 Å². The highest BCUT2D eigenvalue weighted by atomic mass is 16.4. The molecule has 1 heterocycles.